The zero-order chi connectivity index (χ0) is 20.0. The van der Waals surface area contributed by atoms with Crippen molar-refractivity contribution in [3.8, 4) is 11.5 Å². The maximum Gasteiger partial charge on any atom is 0.387 e. The molecule has 148 valence electrons. The fourth-order valence-corrected chi connectivity index (χ4v) is 2.97. The highest BCUT2D eigenvalue weighted by molar-refractivity contribution is 5.92. The SMILES string of the molecule is COc1cc(C=CC(=O)N2CCC(C(=O)N(C)C)CC2)ccc1OC(F)F. The van der Waals surface area contributed by atoms with E-state index >= 15 is 0 Å². The summed E-state index contributed by atoms with van der Waals surface area (Å²) in [5.41, 5.74) is 0.625. The van der Waals surface area contributed by atoms with Gasteiger partial charge in [-0.3, -0.25) is 9.59 Å². The van der Waals surface area contributed by atoms with Crippen molar-refractivity contribution in [3.05, 3.63) is 29.8 Å². The van der Waals surface area contributed by atoms with Gasteiger partial charge in [-0.2, -0.15) is 8.78 Å². The molecule has 2 amide bonds. The number of amides is 2. The molecule has 0 spiro atoms. The van der Waals surface area contributed by atoms with Gasteiger partial charge in [-0.25, -0.2) is 0 Å². The molecule has 1 saturated heterocycles. The molecule has 1 aliphatic rings. The molecule has 27 heavy (non-hydrogen) atoms. The van der Waals surface area contributed by atoms with Gasteiger partial charge >= 0.3 is 6.61 Å². The van der Waals surface area contributed by atoms with Crippen LogP contribution in [0, 0.1) is 5.92 Å². The van der Waals surface area contributed by atoms with Crippen molar-refractivity contribution in [3.63, 3.8) is 0 Å². The molecule has 0 bridgehead atoms. The summed E-state index contributed by atoms with van der Waals surface area (Å²) in [6, 6.07) is 4.45. The molecule has 1 heterocycles. The summed E-state index contributed by atoms with van der Waals surface area (Å²) < 4.78 is 34.1. The molecule has 0 unspecified atom stereocenters. The summed E-state index contributed by atoms with van der Waals surface area (Å²) in [6.45, 7) is -1.89. The lowest BCUT2D eigenvalue weighted by Crippen LogP contribution is -2.42. The standard InChI is InChI=1S/C19H24F2N2O4/c1-22(2)18(25)14-8-10-23(11-9-14)17(24)7-5-13-4-6-15(27-19(20)21)16(12-13)26-3/h4-7,12,14,19H,8-11H2,1-3H3. The van der Waals surface area contributed by atoms with E-state index in [4.69, 9.17) is 4.74 Å². The highest BCUT2D eigenvalue weighted by atomic mass is 19.3. The number of carbonyl (C=O) groups excluding carboxylic acids is 2. The second-order valence-electron chi connectivity index (χ2n) is 6.45. The first-order valence-electron chi connectivity index (χ1n) is 8.62. The van der Waals surface area contributed by atoms with Crippen LogP contribution in [-0.2, 0) is 9.59 Å². The minimum absolute atomic E-state index is 0.0420. The van der Waals surface area contributed by atoms with Gasteiger partial charge in [0, 0.05) is 39.2 Å². The van der Waals surface area contributed by atoms with E-state index in [-0.39, 0.29) is 29.2 Å². The van der Waals surface area contributed by atoms with Crippen LogP contribution < -0.4 is 9.47 Å². The molecule has 1 aliphatic heterocycles. The largest absolute Gasteiger partial charge is 0.493 e. The second-order valence-corrected chi connectivity index (χ2v) is 6.45. The first-order chi connectivity index (χ1) is 12.8. The Hall–Kier alpha value is -2.64. The number of hydrogen-bond donors (Lipinski definition) is 0. The topological polar surface area (TPSA) is 59.1 Å². The molecule has 0 saturated carbocycles. The quantitative estimate of drug-likeness (QED) is 0.710. The monoisotopic (exact) mass is 382 g/mol. The van der Waals surface area contributed by atoms with E-state index in [9.17, 15) is 18.4 Å². The Balaban J connectivity index is 1.96. The Kier molecular flexibility index (Phi) is 7.15. The molecule has 1 aromatic rings. The van der Waals surface area contributed by atoms with Crippen molar-refractivity contribution < 1.29 is 27.8 Å². The zero-order valence-electron chi connectivity index (χ0n) is 15.7. The van der Waals surface area contributed by atoms with E-state index in [1.807, 2.05) is 0 Å². The lowest BCUT2D eigenvalue weighted by Gasteiger charge is -2.31. The van der Waals surface area contributed by atoms with Gasteiger partial charge in [-0.1, -0.05) is 6.07 Å². The minimum Gasteiger partial charge on any atom is -0.493 e. The molecule has 1 fully saturated rings. The van der Waals surface area contributed by atoms with E-state index in [2.05, 4.69) is 4.74 Å². The average Bonchev–Trinajstić information content (AvgIpc) is 2.65. The van der Waals surface area contributed by atoms with Crippen LogP contribution in [0.4, 0.5) is 8.78 Å². The molecule has 0 aliphatic carbocycles. The number of ether oxygens (including phenoxy) is 2. The number of halogens is 2. The molecule has 0 atom stereocenters. The lowest BCUT2D eigenvalue weighted by molar-refractivity contribution is -0.137. The summed E-state index contributed by atoms with van der Waals surface area (Å²) >= 11 is 0. The fourth-order valence-electron chi connectivity index (χ4n) is 2.97. The Labute approximate surface area is 157 Å². The van der Waals surface area contributed by atoms with Crippen LogP contribution >= 0.6 is 0 Å². The number of hydrogen-bond acceptors (Lipinski definition) is 4. The normalized spacial score (nSPS) is 15.3. The maximum atomic E-state index is 12.4. The molecule has 1 aromatic carbocycles. The molecular weight excluding hydrogens is 358 g/mol. The summed E-state index contributed by atoms with van der Waals surface area (Å²) in [5, 5.41) is 0. The number of methoxy groups -OCH3 is 1. The van der Waals surface area contributed by atoms with Gasteiger partial charge in [-0.05, 0) is 36.6 Å². The highest BCUT2D eigenvalue weighted by Gasteiger charge is 2.27. The smallest absolute Gasteiger partial charge is 0.387 e. The average molecular weight is 382 g/mol. The number of rotatable bonds is 6. The van der Waals surface area contributed by atoms with Crippen LogP contribution in [0.1, 0.15) is 18.4 Å². The van der Waals surface area contributed by atoms with Gasteiger partial charge in [-0.15, -0.1) is 0 Å². The van der Waals surface area contributed by atoms with Crippen LogP contribution in [0.15, 0.2) is 24.3 Å². The molecule has 8 heteroatoms. The lowest BCUT2D eigenvalue weighted by atomic mass is 9.95. The van der Waals surface area contributed by atoms with Crippen molar-refractivity contribution in [1.29, 1.82) is 0 Å². The third kappa shape index (κ3) is 5.67. The van der Waals surface area contributed by atoms with Gasteiger partial charge in [0.1, 0.15) is 0 Å². The van der Waals surface area contributed by atoms with Gasteiger partial charge < -0.3 is 19.3 Å². The number of carbonyl (C=O) groups is 2. The van der Waals surface area contributed by atoms with Gasteiger partial charge in [0.15, 0.2) is 11.5 Å². The number of benzene rings is 1. The number of piperidine rings is 1. The van der Waals surface area contributed by atoms with Gasteiger partial charge in [0.2, 0.25) is 11.8 Å². The molecule has 2 rings (SSSR count). The highest BCUT2D eigenvalue weighted by Crippen LogP contribution is 2.30. The van der Waals surface area contributed by atoms with Crippen LogP contribution in [0.3, 0.4) is 0 Å². The van der Waals surface area contributed by atoms with Gasteiger partial charge in [0.05, 0.1) is 7.11 Å². The Morgan fingerprint density at radius 2 is 1.89 bits per heavy atom. The molecule has 0 radical (unpaired) electrons. The van der Waals surface area contributed by atoms with E-state index in [0.717, 1.165) is 0 Å². The number of alkyl halides is 2. The third-order valence-corrected chi connectivity index (χ3v) is 4.42. The first-order valence-corrected chi connectivity index (χ1v) is 8.62. The Bertz CT molecular complexity index is 699. The molecule has 0 aromatic heterocycles. The van der Waals surface area contributed by atoms with Crippen LogP contribution in [0.5, 0.6) is 11.5 Å². The number of likely N-dealkylation sites (tertiary alicyclic amines) is 1. The summed E-state index contributed by atoms with van der Waals surface area (Å²) in [5.74, 6) is -0.00958. The molecule has 6 nitrogen and oxygen atoms in total. The molecule has 0 N–H and O–H groups in total. The zero-order valence-corrected chi connectivity index (χ0v) is 15.7. The van der Waals surface area contributed by atoms with Crippen molar-refractivity contribution in [2.75, 3.05) is 34.3 Å². The Morgan fingerprint density at radius 1 is 1.22 bits per heavy atom. The van der Waals surface area contributed by atoms with E-state index < -0.39 is 6.61 Å². The molecular formula is C19H24F2N2O4. The van der Waals surface area contributed by atoms with Crippen molar-refractivity contribution >= 4 is 17.9 Å². The van der Waals surface area contributed by atoms with E-state index in [0.29, 0.717) is 31.5 Å². The summed E-state index contributed by atoms with van der Waals surface area (Å²) in [7, 11) is 4.81. The fraction of sp³-hybridized carbons (Fsp3) is 0.474. The van der Waals surface area contributed by atoms with Crippen molar-refractivity contribution in [2.24, 2.45) is 5.92 Å². The number of nitrogens with zero attached hydrogens (tertiary/aromatic N) is 2. The summed E-state index contributed by atoms with van der Waals surface area (Å²) in [4.78, 5) is 27.6. The van der Waals surface area contributed by atoms with Crippen molar-refractivity contribution in [1.82, 2.24) is 9.80 Å². The van der Waals surface area contributed by atoms with Crippen LogP contribution in [0.25, 0.3) is 6.08 Å². The Morgan fingerprint density at radius 3 is 2.44 bits per heavy atom. The predicted molar refractivity (Wildman–Crippen MR) is 96.7 cm³/mol. The van der Waals surface area contributed by atoms with Crippen LogP contribution in [0.2, 0.25) is 0 Å². The summed E-state index contributed by atoms with van der Waals surface area (Å²) in [6.07, 6.45) is 4.30. The maximum absolute atomic E-state index is 12.4. The predicted octanol–water partition coefficient (Wildman–Crippen LogP) is 2.64. The van der Waals surface area contributed by atoms with Crippen molar-refractivity contribution in [2.45, 2.75) is 19.5 Å². The van der Waals surface area contributed by atoms with Gasteiger partial charge in [0.25, 0.3) is 0 Å². The van der Waals surface area contributed by atoms with Crippen LogP contribution in [-0.4, -0.2) is 62.5 Å². The third-order valence-electron chi connectivity index (χ3n) is 4.42. The van der Waals surface area contributed by atoms with E-state index in [1.165, 1.54) is 25.3 Å². The first kappa shape index (κ1) is 20.7. The second kappa shape index (κ2) is 9.34. The van der Waals surface area contributed by atoms with E-state index in [1.54, 1.807) is 36.0 Å². The minimum atomic E-state index is -2.94.